The van der Waals surface area contributed by atoms with Crippen LogP contribution < -0.4 is 14.8 Å². The van der Waals surface area contributed by atoms with Crippen molar-refractivity contribution in [1.29, 1.82) is 0 Å². The maximum Gasteiger partial charge on any atom is 0.347 e. The van der Waals surface area contributed by atoms with Gasteiger partial charge in [0.25, 0.3) is 0 Å². The first-order chi connectivity index (χ1) is 10.1. The maximum absolute atomic E-state index is 11.7. The molecule has 0 spiro atoms. The van der Waals surface area contributed by atoms with Crippen LogP contribution in [0.5, 0.6) is 11.5 Å². The van der Waals surface area contributed by atoms with Crippen molar-refractivity contribution in [3.63, 3.8) is 0 Å². The molecule has 0 aliphatic carbocycles. The Morgan fingerprint density at radius 2 is 2.00 bits per heavy atom. The Hall–Kier alpha value is -1.75. The molecule has 1 atom stereocenters. The largest absolute Gasteiger partial charge is 0.490 e. The van der Waals surface area contributed by atoms with Crippen molar-refractivity contribution < 1.29 is 19.0 Å². The molecule has 0 radical (unpaired) electrons. The van der Waals surface area contributed by atoms with Crippen molar-refractivity contribution in [1.82, 2.24) is 5.32 Å². The van der Waals surface area contributed by atoms with Crippen LogP contribution in [0.15, 0.2) is 18.2 Å². The van der Waals surface area contributed by atoms with Crippen LogP contribution in [0.3, 0.4) is 0 Å². The van der Waals surface area contributed by atoms with Crippen LogP contribution in [-0.2, 0) is 16.1 Å². The predicted octanol–water partition coefficient (Wildman–Crippen LogP) is 2.53. The van der Waals surface area contributed by atoms with Gasteiger partial charge >= 0.3 is 5.97 Å². The summed E-state index contributed by atoms with van der Waals surface area (Å²) in [7, 11) is 0. The van der Waals surface area contributed by atoms with E-state index in [-0.39, 0.29) is 5.97 Å². The zero-order valence-corrected chi connectivity index (χ0v) is 13.3. The van der Waals surface area contributed by atoms with Crippen molar-refractivity contribution in [2.45, 2.75) is 40.3 Å². The highest BCUT2D eigenvalue weighted by molar-refractivity contribution is 5.74. The summed E-state index contributed by atoms with van der Waals surface area (Å²) in [6, 6.07) is 5.71. The van der Waals surface area contributed by atoms with E-state index in [1.165, 1.54) is 0 Å². The van der Waals surface area contributed by atoms with E-state index in [0.717, 1.165) is 12.1 Å². The van der Waals surface area contributed by atoms with Crippen molar-refractivity contribution in [2.24, 2.45) is 0 Å². The standard InChI is InChI=1S/C16H25NO4/c1-5-17-11-13-9-8-10-14(19-6-2)15(13)21-12(4)16(18)20-7-3/h8-10,12,17H,5-7,11H2,1-4H3. The van der Waals surface area contributed by atoms with Gasteiger partial charge in [0, 0.05) is 12.1 Å². The molecular weight excluding hydrogens is 270 g/mol. The van der Waals surface area contributed by atoms with Crippen molar-refractivity contribution in [2.75, 3.05) is 19.8 Å². The average molecular weight is 295 g/mol. The second-order valence-corrected chi connectivity index (χ2v) is 4.47. The Labute approximate surface area is 126 Å². The van der Waals surface area contributed by atoms with E-state index in [4.69, 9.17) is 14.2 Å². The number of hydrogen-bond acceptors (Lipinski definition) is 5. The Morgan fingerprint density at radius 1 is 1.24 bits per heavy atom. The van der Waals surface area contributed by atoms with Gasteiger partial charge in [-0.15, -0.1) is 0 Å². The molecule has 1 aromatic carbocycles. The van der Waals surface area contributed by atoms with Gasteiger partial charge in [-0.25, -0.2) is 4.79 Å². The van der Waals surface area contributed by atoms with Crippen LogP contribution in [0, 0.1) is 0 Å². The third-order valence-corrected chi connectivity index (χ3v) is 2.84. The molecule has 0 bridgehead atoms. The first-order valence-electron chi connectivity index (χ1n) is 7.42. The van der Waals surface area contributed by atoms with Crippen molar-refractivity contribution in [3.05, 3.63) is 23.8 Å². The monoisotopic (exact) mass is 295 g/mol. The number of rotatable bonds is 9. The van der Waals surface area contributed by atoms with E-state index in [1.54, 1.807) is 13.8 Å². The van der Waals surface area contributed by atoms with Gasteiger partial charge in [0.15, 0.2) is 17.6 Å². The number of esters is 1. The fourth-order valence-corrected chi connectivity index (χ4v) is 1.85. The number of ether oxygens (including phenoxy) is 3. The molecule has 1 rings (SSSR count). The summed E-state index contributed by atoms with van der Waals surface area (Å²) >= 11 is 0. The zero-order valence-electron chi connectivity index (χ0n) is 13.3. The maximum atomic E-state index is 11.7. The summed E-state index contributed by atoms with van der Waals surface area (Å²) in [4.78, 5) is 11.7. The molecule has 0 saturated heterocycles. The lowest BCUT2D eigenvalue weighted by molar-refractivity contribution is -0.150. The number of benzene rings is 1. The van der Waals surface area contributed by atoms with E-state index in [1.807, 2.05) is 32.0 Å². The molecule has 1 N–H and O–H groups in total. The van der Waals surface area contributed by atoms with Gasteiger partial charge < -0.3 is 19.5 Å². The van der Waals surface area contributed by atoms with E-state index < -0.39 is 6.10 Å². The lowest BCUT2D eigenvalue weighted by Crippen LogP contribution is -2.27. The summed E-state index contributed by atoms with van der Waals surface area (Å²) in [5.41, 5.74) is 0.957. The third kappa shape index (κ3) is 5.27. The first kappa shape index (κ1) is 17.3. The molecule has 0 amide bonds. The summed E-state index contributed by atoms with van der Waals surface area (Å²) < 4.78 is 16.4. The van der Waals surface area contributed by atoms with Crippen LogP contribution in [0.4, 0.5) is 0 Å². The van der Waals surface area contributed by atoms with E-state index in [0.29, 0.717) is 31.3 Å². The van der Waals surface area contributed by atoms with Gasteiger partial charge in [0.05, 0.1) is 13.2 Å². The molecule has 5 nitrogen and oxygen atoms in total. The highest BCUT2D eigenvalue weighted by Crippen LogP contribution is 2.32. The van der Waals surface area contributed by atoms with Gasteiger partial charge in [0.1, 0.15) is 0 Å². The predicted molar refractivity (Wildman–Crippen MR) is 81.7 cm³/mol. The van der Waals surface area contributed by atoms with Crippen LogP contribution in [0.25, 0.3) is 0 Å². The van der Waals surface area contributed by atoms with Gasteiger partial charge in [-0.05, 0) is 33.4 Å². The SMILES string of the molecule is CCNCc1cccc(OCC)c1OC(C)C(=O)OCC. The molecule has 21 heavy (non-hydrogen) atoms. The number of nitrogens with one attached hydrogen (secondary N) is 1. The van der Waals surface area contributed by atoms with E-state index >= 15 is 0 Å². The Balaban J connectivity index is 2.96. The molecule has 1 unspecified atom stereocenters. The van der Waals surface area contributed by atoms with Gasteiger partial charge in [-0.3, -0.25) is 0 Å². The second kappa shape index (κ2) is 9.23. The smallest absolute Gasteiger partial charge is 0.347 e. The molecule has 1 aromatic rings. The van der Waals surface area contributed by atoms with Crippen LogP contribution in [0.2, 0.25) is 0 Å². The highest BCUT2D eigenvalue weighted by Gasteiger charge is 2.20. The summed E-state index contributed by atoms with van der Waals surface area (Å²) in [5, 5.41) is 3.25. The van der Waals surface area contributed by atoms with Crippen LogP contribution in [0.1, 0.15) is 33.3 Å². The minimum atomic E-state index is -0.674. The molecule has 0 aromatic heterocycles. The number of para-hydroxylation sites is 1. The van der Waals surface area contributed by atoms with Gasteiger partial charge in [-0.1, -0.05) is 19.1 Å². The Kier molecular flexibility index (Phi) is 7.61. The lowest BCUT2D eigenvalue weighted by Gasteiger charge is -2.19. The number of hydrogen-bond donors (Lipinski definition) is 1. The number of carbonyl (C=O) groups excluding carboxylic acids is 1. The highest BCUT2D eigenvalue weighted by atomic mass is 16.6. The zero-order chi connectivity index (χ0) is 15.7. The lowest BCUT2D eigenvalue weighted by atomic mass is 10.1. The fraction of sp³-hybridized carbons (Fsp3) is 0.562. The molecular formula is C16H25NO4. The van der Waals surface area contributed by atoms with Crippen LogP contribution in [-0.4, -0.2) is 31.8 Å². The van der Waals surface area contributed by atoms with E-state index in [2.05, 4.69) is 5.32 Å². The third-order valence-electron chi connectivity index (χ3n) is 2.84. The summed E-state index contributed by atoms with van der Waals surface area (Å²) in [5.74, 6) is 0.864. The summed E-state index contributed by atoms with van der Waals surface area (Å²) in [6.45, 7) is 9.78. The molecule has 0 heterocycles. The minimum Gasteiger partial charge on any atom is -0.490 e. The van der Waals surface area contributed by atoms with Crippen LogP contribution >= 0.6 is 0 Å². The van der Waals surface area contributed by atoms with E-state index in [9.17, 15) is 4.79 Å². The Bertz CT molecular complexity index is 448. The summed E-state index contributed by atoms with van der Waals surface area (Å²) in [6.07, 6.45) is -0.674. The minimum absolute atomic E-state index is 0.337. The molecule has 0 aliphatic rings. The van der Waals surface area contributed by atoms with Crippen molar-refractivity contribution >= 4 is 5.97 Å². The fourth-order valence-electron chi connectivity index (χ4n) is 1.85. The molecule has 0 fully saturated rings. The molecule has 118 valence electrons. The molecule has 5 heteroatoms. The quantitative estimate of drug-likeness (QED) is 0.709. The Morgan fingerprint density at radius 3 is 2.62 bits per heavy atom. The van der Waals surface area contributed by atoms with Crippen molar-refractivity contribution in [3.8, 4) is 11.5 Å². The number of carbonyl (C=O) groups is 1. The molecule has 0 saturated carbocycles. The van der Waals surface area contributed by atoms with Gasteiger partial charge in [0.2, 0.25) is 0 Å². The van der Waals surface area contributed by atoms with Gasteiger partial charge in [-0.2, -0.15) is 0 Å². The second-order valence-electron chi connectivity index (χ2n) is 4.47. The average Bonchev–Trinajstić information content (AvgIpc) is 2.47. The normalized spacial score (nSPS) is 11.8. The first-order valence-corrected chi connectivity index (χ1v) is 7.42. The molecule has 0 aliphatic heterocycles. The topological polar surface area (TPSA) is 56.8 Å².